The predicted molar refractivity (Wildman–Crippen MR) is 81.2 cm³/mol. The topological polar surface area (TPSA) is 37.8 Å². The highest BCUT2D eigenvalue weighted by atomic mass is 19.2. The van der Waals surface area contributed by atoms with E-state index in [2.05, 4.69) is 15.3 Å². The molecule has 1 aromatic carbocycles. The Morgan fingerprint density at radius 3 is 2.55 bits per heavy atom. The molecule has 0 unspecified atom stereocenters. The molecule has 0 spiro atoms. The van der Waals surface area contributed by atoms with E-state index in [1.165, 1.54) is 6.07 Å². The average Bonchev–Trinajstić information content (AvgIpc) is 2.57. The maximum atomic E-state index is 13.6. The number of halogens is 2. The first-order valence-electron chi connectivity index (χ1n) is 6.76. The maximum Gasteiger partial charge on any atom is 0.163 e. The molecule has 0 amide bonds. The second-order valence-electron chi connectivity index (χ2n) is 4.76. The van der Waals surface area contributed by atoms with E-state index in [9.17, 15) is 8.78 Å². The summed E-state index contributed by atoms with van der Waals surface area (Å²) in [6, 6.07) is 9.80. The Hall–Kier alpha value is -2.82. The van der Waals surface area contributed by atoms with Gasteiger partial charge in [0.1, 0.15) is 0 Å². The number of benzene rings is 1. The fraction of sp³-hybridized carbons (Fsp3) is 0.0588. The molecule has 0 aliphatic carbocycles. The van der Waals surface area contributed by atoms with Gasteiger partial charge in [-0.1, -0.05) is 12.1 Å². The normalized spacial score (nSPS) is 10.5. The van der Waals surface area contributed by atoms with Crippen molar-refractivity contribution in [2.24, 2.45) is 0 Å². The summed E-state index contributed by atoms with van der Waals surface area (Å²) in [4.78, 5) is 8.14. The molecule has 22 heavy (non-hydrogen) atoms. The van der Waals surface area contributed by atoms with E-state index < -0.39 is 11.6 Å². The van der Waals surface area contributed by atoms with Crippen LogP contribution < -0.4 is 5.32 Å². The van der Waals surface area contributed by atoms with Crippen LogP contribution in [0.2, 0.25) is 0 Å². The second kappa shape index (κ2) is 6.30. The van der Waals surface area contributed by atoms with Crippen molar-refractivity contribution in [3.63, 3.8) is 0 Å². The zero-order valence-corrected chi connectivity index (χ0v) is 11.6. The van der Waals surface area contributed by atoms with E-state index in [0.717, 1.165) is 22.9 Å². The van der Waals surface area contributed by atoms with Gasteiger partial charge in [-0.05, 0) is 29.8 Å². The molecule has 0 aliphatic rings. The molecule has 3 nitrogen and oxygen atoms in total. The van der Waals surface area contributed by atoms with Crippen molar-refractivity contribution in [2.75, 3.05) is 5.32 Å². The highest BCUT2D eigenvalue weighted by Crippen LogP contribution is 2.21. The molecule has 0 saturated heterocycles. The molecule has 0 atom stereocenters. The zero-order chi connectivity index (χ0) is 15.4. The number of hydrogen-bond donors (Lipinski definition) is 1. The van der Waals surface area contributed by atoms with Crippen molar-refractivity contribution < 1.29 is 8.78 Å². The second-order valence-corrected chi connectivity index (χ2v) is 4.76. The van der Waals surface area contributed by atoms with Crippen molar-refractivity contribution in [1.29, 1.82) is 0 Å². The number of anilines is 1. The van der Waals surface area contributed by atoms with E-state index in [-0.39, 0.29) is 12.1 Å². The third-order valence-electron chi connectivity index (χ3n) is 3.27. The molecule has 0 fully saturated rings. The summed E-state index contributed by atoms with van der Waals surface area (Å²) in [6.45, 7) is 0.186. The van der Waals surface area contributed by atoms with Gasteiger partial charge in [0.2, 0.25) is 0 Å². The molecule has 3 aromatic rings. The molecule has 1 N–H and O–H groups in total. The van der Waals surface area contributed by atoms with Gasteiger partial charge in [-0.3, -0.25) is 9.97 Å². The Labute approximate surface area is 126 Å². The van der Waals surface area contributed by atoms with E-state index in [1.807, 2.05) is 18.2 Å². The van der Waals surface area contributed by atoms with Crippen LogP contribution in [0.25, 0.3) is 11.1 Å². The number of nitrogens with zero attached hydrogens (tertiary/aromatic N) is 2. The van der Waals surface area contributed by atoms with Crippen LogP contribution in [-0.2, 0) is 6.54 Å². The maximum absolute atomic E-state index is 13.6. The summed E-state index contributed by atoms with van der Waals surface area (Å²) in [7, 11) is 0. The van der Waals surface area contributed by atoms with Crippen LogP contribution in [0.1, 0.15) is 5.56 Å². The smallest absolute Gasteiger partial charge is 0.163 e. The van der Waals surface area contributed by atoms with Crippen molar-refractivity contribution in [3.05, 3.63) is 78.4 Å². The SMILES string of the molecule is Fc1cccc(CNc2cncc(-c3ccncc3)c2)c1F. The monoisotopic (exact) mass is 297 g/mol. The molecule has 0 bridgehead atoms. The molecule has 2 aromatic heterocycles. The summed E-state index contributed by atoms with van der Waals surface area (Å²) in [6.07, 6.45) is 6.79. The van der Waals surface area contributed by atoms with Crippen molar-refractivity contribution in [1.82, 2.24) is 9.97 Å². The first-order chi connectivity index (χ1) is 10.7. The van der Waals surface area contributed by atoms with Crippen LogP contribution in [0.15, 0.2) is 61.2 Å². The highest BCUT2D eigenvalue weighted by Gasteiger charge is 2.07. The van der Waals surface area contributed by atoms with Gasteiger partial charge in [0.15, 0.2) is 11.6 Å². The largest absolute Gasteiger partial charge is 0.380 e. The van der Waals surface area contributed by atoms with Crippen molar-refractivity contribution in [2.45, 2.75) is 6.54 Å². The minimum atomic E-state index is -0.844. The first kappa shape index (κ1) is 14.1. The van der Waals surface area contributed by atoms with Crippen molar-refractivity contribution >= 4 is 5.69 Å². The van der Waals surface area contributed by atoms with Crippen LogP contribution in [0.4, 0.5) is 14.5 Å². The van der Waals surface area contributed by atoms with Crippen LogP contribution in [-0.4, -0.2) is 9.97 Å². The fourth-order valence-corrected chi connectivity index (χ4v) is 2.12. The van der Waals surface area contributed by atoms with Crippen LogP contribution >= 0.6 is 0 Å². The van der Waals surface area contributed by atoms with Gasteiger partial charge in [0, 0.05) is 42.5 Å². The van der Waals surface area contributed by atoms with Crippen LogP contribution in [0, 0.1) is 11.6 Å². The lowest BCUT2D eigenvalue weighted by Gasteiger charge is -2.09. The summed E-state index contributed by atoms with van der Waals surface area (Å²) < 4.78 is 26.8. The summed E-state index contributed by atoms with van der Waals surface area (Å²) >= 11 is 0. The lowest BCUT2D eigenvalue weighted by molar-refractivity contribution is 0.500. The number of pyridine rings is 2. The van der Waals surface area contributed by atoms with E-state index in [4.69, 9.17) is 0 Å². The minimum absolute atomic E-state index is 0.186. The quantitative estimate of drug-likeness (QED) is 0.790. The van der Waals surface area contributed by atoms with E-state index in [0.29, 0.717) is 0 Å². The third kappa shape index (κ3) is 3.09. The summed E-state index contributed by atoms with van der Waals surface area (Å²) in [5.74, 6) is -1.67. The number of nitrogens with one attached hydrogen (secondary N) is 1. The molecule has 2 heterocycles. The van der Waals surface area contributed by atoms with Crippen LogP contribution in [0.3, 0.4) is 0 Å². The van der Waals surface area contributed by atoms with Gasteiger partial charge in [0.25, 0.3) is 0 Å². The van der Waals surface area contributed by atoms with Gasteiger partial charge in [-0.25, -0.2) is 8.78 Å². The summed E-state index contributed by atoms with van der Waals surface area (Å²) in [5, 5.41) is 3.05. The van der Waals surface area contributed by atoms with Crippen molar-refractivity contribution in [3.8, 4) is 11.1 Å². The Morgan fingerprint density at radius 2 is 1.73 bits per heavy atom. The first-order valence-corrected chi connectivity index (χ1v) is 6.76. The fourth-order valence-electron chi connectivity index (χ4n) is 2.12. The molecular weight excluding hydrogens is 284 g/mol. The predicted octanol–water partition coefficient (Wildman–Crippen LogP) is 4.03. The van der Waals surface area contributed by atoms with E-state index >= 15 is 0 Å². The average molecular weight is 297 g/mol. The third-order valence-corrected chi connectivity index (χ3v) is 3.27. The van der Waals surface area contributed by atoms with Crippen LogP contribution in [0.5, 0.6) is 0 Å². The molecule has 110 valence electrons. The van der Waals surface area contributed by atoms with Gasteiger partial charge < -0.3 is 5.32 Å². The number of aromatic nitrogens is 2. The molecule has 3 rings (SSSR count). The molecule has 0 saturated carbocycles. The molecular formula is C17H13F2N3. The lowest BCUT2D eigenvalue weighted by Crippen LogP contribution is -2.03. The van der Waals surface area contributed by atoms with Gasteiger partial charge >= 0.3 is 0 Å². The lowest BCUT2D eigenvalue weighted by atomic mass is 10.1. The van der Waals surface area contributed by atoms with E-state index in [1.54, 1.807) is 30.9 Å². The Kier molecular flexibility index (Phi) is 4.05. The molecule has 5 heteroatoms. The Bertz CT molecular complexity index is 776. The molecule has 0 radical (unpaired) electrons. The summed E-state index contributed by atoms with van der Waals surface area (Å²) in [5.41, 5.74) is 2.92. The molecule has 0 aliphatic heterocycles. The van der Waals surface area contributed by atoms with Gasteiger partial charge in [0.05, 0.1) is 5.69 Å². The Balaban J connectivity index is 1.78. The van der Waals surface area contributed by atoms with Gasteiger partial charge in [-0.2, -0.15) is 0 Å². The number of rotatable bonds is 4. The van der Waals surface area contributed by atoms with Gasteiger partial charge in [-0.15, -0.1) is 0 Å². The zero-order valence-electron chi connectivity index (χ0n) is 11.6. The Morgan fingerprint density at radius 1 is 0.909 bits per heavy atom. The highest BCUT2D eigenvalue weighted by molar-refractivity contribution is 5.66. The number of hydrogen-bond acceptors (Lipinski definition) is 3. The minimum Gasteiger partial charge on any atom is -0.380 e. The standard InChI is InChI=1S/C17H13F2N3/c18-16-3-1-2-13(17(16)19)10-22-15-8-14(9-21-11-15)12-4-6-20-7-5-12/h1-9,11,22H,10H2.